The highest BCUT2D eigenvalue weighted by atomic mass is 32.1. The molecule has 2 aromatic carbocycles. The smallest absolute Gasteiger partial charge is 0.0356 e. The molecule has 108 valence electrons. The molecule has 0 amide bonds. The minimum atomic E-state index is 1.25. The minimum Gasteiger partial charge on any atom is -0.141 e. The van der Waals surface area contributed by atoms with Crippen LogP contribution in [0, 0.1) is 13.8 Å². The Morgan fingerprint density at radius 1 is 0.727 bits per heavy atom. The summed E-state index contributed by atoms with van der Waals surface area (Å²) in [6.45, 7) is 4.29. The predicted molar refractivity (Wildman–Crippen MR) is 102 cm³/mol. The first kappa shape index (κ1) is 13.7. The van der Waals surface area contributed by atoms with Crippen LogP contribution in [0.25, 0.3) is 32.3 Å². The van der Waals surface area contributed by atoms with E-state index >= 15 is 0 Å². The van der Waals surface area contributed by atoms with Crippen molar-refractivity contribution in [2.45, 2.75) is 13.8 Å². The molecule has 22 heavy (non-hydrogen) atoms. The summed E-state index contributed by atoms with van der Waals surface area (Å²) in [5.74, 6) is 0. The molecule has 2 heteroatoms. The summed E-state index contributed by atoms with van der Waals surface area (Å²) in [5.41, 5.74) is 2.55. The lowest BCUT2D eigenvalue weighted by molar-refractivity contribution is 1.46. The van der Waals surface area contributed by atoms with Crippen LogP contribution in [0.4, 0.5) is 0 Å². The Balaban J connectivity index is 1.71. The van der Waals surface area contributed by atoms with Crippen molar-refractivity contribution in [3.63, 3.8) is 0 Å². The van der Waals surface area contributed by atoms with Gasteiger partial charge in [-0.2, -0.15) is 0 Å². The third-order valence-corrected chi connectivity index (χ3v) is 5.89. The van der Waals surface area contributed by atoms with Gasteiger partial charge >= 0.3 is 0 Å². The molecule has 0 nitrogen and oxygen atoms in total. The second-order valence-corrected chi connectivity index (χ2v) is 8.08. The third kappa shape index (κ3) is 2.60. The van der Waals surface area contributed by atoms with Crippen molar-refractivity contribution < 1.29 is 0 Å². The molecule has 0 aliphatic carbocycles. The van der Waals surface area contributed by atoms with Gasteiger partial charge in [-0.25, -0.2) is 0 Å². The molecule has 0 aliphatic heterocycles. The summed E-state index contributed by atoms with van der Waals surface area (Å²) in [5, 5.41) is 2.72. The maximum absolute atomic E-state index is 2.32. The zero-order valence-corrected chi connectivity index (χ0v) is 14.2. The van der Waals surface area contributed by atoms with E-state index in [0.717, 1.165) is 0 Å². The van der Waals surface area contributed by atoms with E-state index < -0.39 is 0 Å². The Labute approximate surface area is 138 Å². The molecular formula is C20H16S2. The van der Waals surface area contributed by atoms with Crippen LogP contribution >= 0.6 is 22.7 Å². The van der Waals surface area contributed by atoms with Crippen molar-refractivity contribution in [2.24, 2.45) is 0 Å². The minimum absolute atomic E-state index is 1.25. The van der Waals surface area contributed by atoms with Gasteiger partial charge in [0.25, 0.3) is 0 Å². The van der Waals surface area contributed by atoms with Crippen LogP contribution in [-0.4, -0.2) is 0 Å². The highest BCUT2D eigenvalue weighted by molar-refractivity contribution is 7.21. The van der Waals surface area contributed by atoms with Gasteiger partial charge in [-0.1, -0.05) is 35.9 Å². The Morgan fingerprint density at radius 3 is 2.18 bits per heavy atom. The highest BCUT2D eigenvalue weighted by Gasteiger charge is 2.04. The van der Waals surface area contributed by atoms with Crippen LogP contribution in [0.1, 0.15) is 20.9 Å². The van der Waals surface area contributed by atoms with Crippen LogP contribution in [0.5, 0.6) is 0 Å². The first-order valence-corrected chi connectivity index (χ1v) is 8.99. The summed E-state index contributed by atoms with van der Waals surface area (Å²) in [6.07, 6.45) is 4.41. The molecule has 0 saturated heterocycles. The van der Waals surface area contributed by atoms with Crippen molar-refractivity contribution in [3.8, 4) is 0 Å². The van der Waals surface area contributed by atoms with Gasteiger partial charge in [-0.15, -0.1) is 22.7 Å². The van der Waals surface area contributed by atoms with Crippen molar-refractivity contribution >= 4 is 55.0 Å². The van der Waals surface area contributed by atoms with Crippen molar-refractivity contribution in [1.82, 2.24) is 0 Å². The van der Waals surface area contributed by atoms with Gasteiger partial charge in [0, 0.05) is 19.2 Å². The summed E-state index contributed by atoms with van der Waals surface area (Å²) in [7, 11) is 0. The molecular weight excluding hydrogens is 304 g/mol. The van der Waals surface area contributed by atoms with E-state index in [1.807, 2.05) is 22.7 Å². The average Bonchev–Trinajstić information content (AvgIpc) is 3.04. The second kappa shape index (κ2) is 5.38. The number of aryl methyl sites for hydroxylation is 2. The van der Waals surface area contributed by atoms with E-state index in [4.69, 9.17) is 0 Å². The number of hydrogen-bond acceptors (Lipinski definition) is 2. The summed E-state index contributed by atoms with van der Waals surface area (Å²) >= 11 is 3.74. The molecule has 4 rings (SSSR count). The summed E-state index contributed by atoms with van der Waals surface area (Å²) in [4.78, 5) is 2.69. The maximum atomic E-state index is 2.32. The Hall–Kier alpha value is -1.90. The second-order valence-electron chi connectivity index (χ2n) is 5.68. The van der Waals surface area contributed by atoms with Crippen molar-refractivity contribution in [1.29, 1.82) is 0 Å². The van der Waals surface area contributed by atoms with E-state index in [1.165, 1.54) is 41.1 Å². The fourth-order valence-electron chi connectivity index (χ4n) is 2.66. The summed E-state index contributed by atoms with van der Waals surface area (Å²) in [6, 6.07) is 17.8. The zero-order valence-electron chi connectivity index (χ0n) is 12.6. The van der Waals surface area contributed by atoms with Gasteiger partial charge < -0.3 is 0 Å². The van der Waals surface area contributed by atoms with Gasteiger partial charge in [0.2, 0.25) is 0 Å². The summed E-state index contributed by atoms with van der Waals surface area (Å²) < 4.78 is 2.76. The fourth-order valence-corrected chi connectivity index (χ4v) is 4.62. The molecule has 0 bridgehead atoms. The molecule has 0 unspecified atom stereocenters. The van der Waals surface area contributed by atoms with E-state index in [-0.39, 0.29) is 0 Å². The normalized spacial score (nSPS) is 11.9. The highest BCUT2D eigenvalue weighted by Crippen LogP contribution is 2.34. The lowest BCUT2D eigenvalue weighted by Gasteiger charge is -1.93. The molecule has 0 atom stereocenters. The number of fused-ring (bicyclic) bond motifs is 2. The first-order valence-electron chi connectivity index (χ1n) is 7.36. The van der Waals surface area contributed by atoms with Crippen molar-refractivity contribution in [3.05, 3.63) is 69.4 Å². The van der Waals surface area contributed by atoms with Crippen molar-refractivity contribution in [2.75, 3.05) is 0 Å². The lowest BCUT2D eigenvalue weighted by Crippen LogP contribution is -1.72. The molecule has 2 heterocycles. The number of benzene rings is 2. The first-order chi connectivity index (χ1) is 10.7. The molecule has 0 radical (unpaired) electrons. The van der Waals surface area contributed by atoms with Gasteiger partial charge in [0.15, 0.2) is 0 Å². The van der Waals surface area contributed by atoms with E-state index in [9.17, 15) is 0 Å². The van der Waals surface area contributed by atoms with Gasteiger partial charge in [0.05, 0.1) is 0 Å². The van der Waals surface area contributed by atoms with Gasteiger partial charge in [-0.05, 0) is 60.5 Å². The molecule has 0 aliphatic rings. The van der Waals surface area contributed by atoms with Crippen LogP contribution in [0.3, 0.4) is 0 Å². The van der Waals surface area contributed by atoms with Crippen LogP contribution in [0.15, 0.2) is 48.5 Å². The maximum Gasteiger partial charge on any atom is 0.0356 e. The molecule has 0 fully saturated rings. The zero-order chi connectivity index (χ0) is 15.1. The SMILES string of the molecule is Cc1ccc(C=Cc2cc3cc4sc(C)cc4cc3s2)cc1. The quantitative estimate of drug-likeness (QED) is 0.376. The van der Waals surface area contributed by atoms with E-state index in [0.29, 0.717) is 0 Å². The van der Waals surface area contributed by atoms with Crippen LogP contribution in [-0.2, 0) is 0 Å². The Morgan fingerprint density at radius 2 is 1.41 bits per heavy atom. The predicted octanol–water partition coefficient (Wildman–Crippen LogP) is 6.90. The number of hydrogen-bond donors (Lipinski definition) is 0. The number of thiophene rings is 2. The average molecular weight is 320 g/mol. The van der Waals surface area contributed by atoms with Gasteiger partial charge in [0.1, 0.15) is 0 Å². The molecule has 4 aromatic rings. The standard InChI is InChI=1S/C20H16S2/c1-13-3-5-15(6-4-13)7-8-18-10-17-12-19-16(9-14(2)21-19)11-20(17)22-18/h3-12H,1-2H3. The Bertz CT molecular complexity index is 931. The lowest BCUT2D eigenvalue weighted by atomic mass is 10.1. The van der Waals surface area contributed by atoms with Gasteiger partial charge in [-0.3, -0.25) is 0 Å². The largest absolute Gasteiger partial charge is 0.141 e. The molecule has 2 aromatic heterocycles. The Kier molecular flexibility index (Phi) is 3.36. The molecule has 0 N–H and O–H groups in total. The van der Waals surface area contributed by atoms with E-state index in [2.05, 4.69) is 74.5 Å². The van der Waals surface area contributed by atoms with Crippen LogP contribution in [0.2, 0.25) is 0 Å². The monoisotopic (exact) mass is 320 g/mol. The van der Waals surface area contributed by atoms with E-state index in [1.54, 1.807) is 0 Å². The topological polar surface area (TPSA) is 0 Å². The fraction of sp³-hybridized carbons (Fsp3) is 0.100. The third-order valence-electron chi connectivity index (χ3n) is 3.81. The number of rotatable bonds is 2. The van der Waals surface area contributed by atoms with Crippen LogP contribution < -0.4 is 0 Å². The molecule has 0 spiro atoms. The molecule has 0 saturated carbocycles.